The summed E-state index contributed by atoms with van der Waals surface area (Å²) in [6.07, 6.45) is 0. The van der Waals surface area contributed by atoms with Crippen LogP contribution < -0.4 is 0 Å². The van der Waals surface area contributed by atoms with Gasteiger partial charge in [-0.25, -0.2) is 4.31 Å². The summed E-state index contributed by atoms with van der Waals surface area (Å²) in [6.45, 7) is 6.47. The SMILES string of the molecule is Cc1ccc(/S(=N\S(=O)(=O)c2ccc(C)cc2)N2CCOCC2)cc1. The van der Waals surface area contributed by atoms with Crippen LogP contribution >= 0.6 is 0 Å². The minimum atomic E-state index is -3.73. The van der Waals surface area contributed by atoms with Crippen molar-refractivity contribution >= 4 is 20.9 Å². The van der Waals surface area contributed by atoms with Gasteiger partial charge in [0.25, 0.3) is 10.0 Å². The lowest BCUT2D eigenvalue weighted by Crippen LogP contribution is -2.37. The first kappa shape index (κ1) is 18.3. The second-order valence-electron chi connectivity index (χ2n) is 5.98. The van der Waals surface area contributed by atoms with Gasteiger partial charge in [0.2, 0.25) is 0 Å². The average molecular weight is 379 g/mol. The Bertz CT molecular complexity index is 854. The van der Waals surface area contributed by atoms with Crippen LogP contribution in [-0.2, 0) is 25.6 Å². The second-order valence-corrected chi connectivity index (χ2v) is 9.52. The lowest BCUT2D eigenvalue weighted by atomic mass is 10.2. The molecular formula is C18H22N2O3S2. The number of hydrogen-bond donors (Lipinski definition) is 0. The van der Waals surface area contributed by atoms with Gasteiger partial charge in [-0.2, -0.15) is 8.42 Å². The van der Waals surface area contributed by atoms with E-state index < -0.39 is 20.9 Å². The molecule has 1 aliphatic rings. The van der Waals surface area contributed by atoms with E-state index in [2.05, 4.69) is 8.07 Å². The predicted octanol–water partition coefficient (Wildman–Crippen LogP) is 3.10. The van der Waals surface area contributed by atoms with E-state index in [4.69, 9.17) is 4.74 Å². The lowest BCUT2D eigenvalue weighted by Gasteiger charge is -2.28. The van der Waals surface area contributed by atoms with Crippen LogP contribution in [0.15, 0.2) is 62.1 Å². The fraction of sp³-hybridized carbons (Fsp3) is 0.333. The van der Waals surface area contributed by atoms with Gasteiger partial charge in [0.15, 0.2) is 0 Å². The molecule has 0 N–H and O–H groups in total. The van der Waals surface area contributed by atoms with Crippen LogP contribution in [0.2, 0.25) is 0 Å². The topological polar surface area (TPSA) is 59.0 Å². The number of aryl methyl sites for hydroxylation is 2. The molecule has 1 atom stereocenters. The smallest absolute Gasteiger partial charge is 0.289 e. The van der Waals surface area contributed by atoms with Crippen LogP contribution in [0.1, 0.15) is 11.1 Å². The normalized spacial score (nSPS) is 17.5. The standard InChI is InChI=1S/C18H22N2O3S2/c1-15-3-7-17(8-4-15)24(20-11-13-23-14-12-20)19-25(21,22)18-9-5-16(2)6-10-18/h3-10H,11-14H2,1-2H3. The summed E-state index contributed by atoms with van der Waals surface area (Å²) in [4.78, 5) is 1.14. The molecule has 2 aromatic carbocycles. The van der Waals surface area contributed by atoms with E-state index in [1.54, 1.807) is 24.3 Å². The third kappa shape index (κ3) is 4.55. The van der Waals surface area contributed by atoms with Crippen LogP contribution in [0.5, 0.6) is 0 Å². The van der Waals surface area contributed by atoms with Crippen molar-refractivity contribution in [3.63, 3.8) is 0 Å². The Morgan fingerprint density at radius 1 is 0.920 bits per heavy atom. The summed E-state index contributed by atoms with van der Waals surface area (Å²) in [6, 6.07) is 14.7. The number of benzene rings is 2. The Balaban J connectivity index is 2.04. The first-order chi connectivity index (χ1) is 12.0. The zero-order valence-corrected chi connectivity index (χ0v) is 16.0. The molecule has 7 heteroatoms. The summed E-state index contributed by atoms with van der Waals surface area (Å²) < 4.78 is 37.4. The zero-order chi connectivity index (χ0) is 17.9. The Hall–Kier alpha value is -1.54. The maximum atomic E-state index is 12.8. The quantitative estimate of drug-likeness (QED) is 0.820. The molecule has 1 fully saturated rings. The third-order valence-corrected chi connectivity index (χ3v) is 7.70. The van der Waals surface area contributed by atoms with Crippen LogP contribution in [0.4, 0.5) is 0 Å². The molecule has 5 nitrogen and oxygen atoms in total. The fourth-order valence-corrected chi connectivity index (χ4v) is 5.93. The highest BCUT2D eigenvalue weighted by Gasteiger charge is 2.21. The van der Waals surface area contributed by atoms with Gasteiger partial charge in [0.1, 0.15) is 0 Å². The minimum absolute atomic E-state index is 0.232. The minimum Gasteiger partial charge on any atom is -0.379 e. The molecule has 2 aromatic rings. The summed E-state index contributed by atoms with van der Waals surface area (Å²) in [5.74, 6) is 0. The van der Waals surface area contributed by atoms with Gasteiger partial charge >= 0.3 is 0 Å². The number of hydrogen-bond acceptors (Lipinski definition) is 3. The number of morpholine rings is 1. The summed E-state index contributed by atoms with van der Waals surface area (Å²) in [5.41, 5.74) is 2.15. The molecule has 0 aliphatic carbocycles. The van der Waals surface area contributed by atoms with Crippen molar-refractivity contribution in [3.05, 3.63) is 59.7 Å². The second kappa shape index (κ2) is 7.78. The highest BCUT2D eigenvalue weighted by Crippen LogP contribution is 2.21. The van der Waals surface area contributed by atoms with Gasteiger partial charge in [-0.15, -0.1) is 3.77 Å². The first-order valence-corrected chi connectivity index (χ1v) is 10.7. The number of sulfonamides is 1. The Morgan fingerprint density at radius 3 is 2.00 bits per heavy atom. The molecule has 0 aromatic heterocycles. The summed E-state index contributed by atoms with van der Waals surface area (Å²) in [7, 11) is -4.60. The summed E-state index contributed by atoms with van der Waals surface area (Å²) >= 11 is 0. The molecular weight excluding hydrogens is 356 g/mol. The molecule has 1 saturated heterocycles. The monoisotopic (exact) mass is 378 g/mol. The van der Waals surface area contributed by atoms with Gasteiger partial charge in [0, 0.05) is 28.9 Å². The molecule has 1 unspecified atom stereocenters. The molecule has 0 bridgehead atoms. The van der Waals surface area contributed by atoms with E-state index in [1.165, 1.54) is 0 Å². The maximum absolute atomic E-state index is 12.8. The molecule has 0 amide bonds. The van der Waals surface area contributed by atoms with Crippen LogP contribution in [0, 0.1) is 13.8 Å². The zero-order valence-electron chi connectivity index (χ0n) is 14.4. The van der Waals surface area contributed by atoms with E-state index in [-0.39, 0.29) is 4.90 Å². The third-order valence-electron chi connectivity index (χ3n) is 3.93. The number of ether oxygens (including phenoxy) is 1. The van der Waals surface area contributed by atoms with Crippen LogP contribution in [0.25, 0.3) is 0 Å². The predicted molar refractivity (Wildman–Crippen MR) is 100.0 cm³/mol. The van der Waals surface area contributed by atoms with Gasteiger partial charge in [0.05, 0.1) is 18.1 Å². The Labute approximate surface area is 151 Å². The Kier molecular flexibility index (Phi) is 5.68. The number of rotatable bonds is 4. The van der Waals surface area contributed by atoms with E-state index in [9.17, 15) is 8.42 Å². The van der Waals surface area contributed by atoms with E-state index in [1.807, 2.05) is 38.1 Å². The lowest BCUT2D eigenvalue weighted by molar-refractivity contribution is 0.0764. The van der Waals surface area contributed by atoms with E-state index in [0.29, 0.717) is 26.3 Å². The van der Waals surface area contributed by atoms with Crippen molar-refractivity contribution in [2.45, 2.75) is 23.6 Å². The molecule has 3 rings (SSSR count). The van der Waals surface area contributed by atoms with E-state index in [0.717, 1.165) is 16.0 Å². The summed E-state index contributed by atoms with van der Waals surface area (Å²) in [5, 5.41) is 0. The highest BCUT2D eigenvalue weighted by atomic mass is 32.3. The highest BCUT2D eigenvalue weighted by molar-refractivity contribution is 7.99. The van der Waals surface area contributed by atoms with Crippen molar-refractivity contribution in [1.82, 2.24) is 4.31 Å². The van der Waals surface area contributed by atoms with Gasteiger partial charge in [-0.3, -0.25) is 0 Å². The van der Waals surface area contributed by atoms with Crippen molar-refractivity contribution < 1.29 is 13.2 Å². The fourth-order valence-electron chi connectivity index (χ4n) is 2.46. The molecule has 0 spiro atoms. The van der Waals surface area contributed by atoms with Gasteiger partial charge in [-0.1, -0.05) is 35.4 Å². The molecule has 0 radical (unpaired) electrons. The van der Waals surface area contributed by atoms with Gasteiger partial charge < -0.3 is 4.74 Å². The maximum Gasteiger partial charge on any atom is 0.289 e. The van der Waals surface area contributed by atoms with Crippen molar-refractivity contribution in [2.75, 3.05) is 26.3 Å². The van der Waals surface area contributed by atoms with E-state index >= 15 is 0 Å². The Morgan fingerprint density at radius 2 is 1.44 bits per heavy atom. The molecule has 1 aliphatic heterocycles. The first-order valence-electron chi connectivity index (χ1n) is 8.14. The largest absolute Gasteiger partial charge is 0.379 e. The average Bonchev–Trinajstić information content (AvgIpc) is 2.62. The molecule has 0 saturated carbocycles. The van der Waals surface area contributed by atoms with Gasteiger partial charge in [-0.05, 0) is 38.1 Å². The van der Waals surface area contributed by atoms with Crippen molar-refractivity contribution in [3.8, 4) is 0 Å². The number of nitrogens with zero attached hydrogens (tertiary/aromatic N) is 2. The van der Waals surface area contributed by atoms with Crippen LogP contribution in [0.3, 0.4) is 0 Å². The van der Waals surface area contributed by atoms with Crippen LogP contribution in [-0.4, -0.2) is 39.0 Å². The van der Waals surface area contributed by atoms with Crippen molar-refractivity contribution in [1.29, 1.82) is 0 Å². The molecule has 25 heavy (non-hydrogen) atoms. The molecule has 134 valence electrons. The van der Waals surface area contributed by atoms with Crippen molar-refractivity contribution in [2.24, 2.45) is 3.77 Å². The molecule has 1 heterocycles.